The molecule has 1 aromatic heterocycles. The van der Waals surface area contributed by atoms with Crippen LogP contribution in [0.4, 0.5) is 5.69 Å². The van der Waals surface area contributed by atoms with Crippen LogP contribution in [0, 0.1) is 0 Å². The van der Waals surface area contributed by atoms with Crippen molar-refractivity contribution in [1.29, 1.82) is 0 Å². The first-order chi connectivity index (χ1) is 10.2. The Balaban J connectivity index is 1.72. The van der Waals surface area contributed by atoms with Gasteiger partial charge in [0.2, 0.25) is 0 Å². The Kier molecular flexibility index (Phi) is 3.98. The Morgan fingerprint density at radius 3 is 3.05 bits per heavy atom. The van der Waals surface area contributed by atoms with Gasteiger partial charge in [0.05, 0.1) is 31.4 Å². The second-order valence-corrected chi connectivity index (χ2v) is 4.89. The normalized spacial score (nSPS) is 18.6. The monoisotopic (exact) mass is 287 g/mol. The number of aromatic nitrogens is 1. The molecule has 6 heteroatoms. The summed E-state index contributed by atoms with van der Waals surface area (Å²) >= 11 is 0. The SMILES string of the molecule is Nc1cc(C(=O)NCC2COCCO2)nc2ccccc12. The van der Waals surface area contributed by atoms with Gasteiger partial charge in [-0.2, -0.15) is 0 Å². The fraction of sp³-hybridized carbons (Fsp3) is 0.333. The largest absolute Gasteiger partial charge is 0.398 e. The van der Waals surface area contributed by atoms with Crippen molar-refractivity contribution in [2.75, 3.05) is 32.1 Å². The first-order valence-corrected chi connectivity index (χ1v) is 6.87. The molecule has 0 bridgehead atoms. The number of hydrogen-bond acceptors (Lipinski definition) is 5. The standard InChI is InChI=1S/C15H17N3O3/c16-12-7-14(18-13-4-2-1-3-11(12)13)15(19)17-8-10-9-20-5-6-21-10/h1-4,7,10H,5-6,8-9H2,(H2,16,18)(H,17,19). The van der Waals surface area contributed by atoms with E-state index in [9.17, 15) is 4.79 Å². The van der Waals surface area contributed by atoms with E-state index in [1.54, 1.807) is 6.07 Å². The van der Waals surface area contributed by atoms with E-state index in [0.717, 1.165) is 5.39 Å². The molecule has 2 aromatic rings. The second-order valence-electron chi connectivity index (χ2n) is 4.89. The van der Waals surface area contributed by atoms with E-state index in [2.05, 4.69) is 10.3 Å². The number of carbonyl (C=O) groups excluding carboxylic acids is 1. The molecular weight excluding hydrogens is 270 g/mol. The van der Waals surface area contributed by atoms with Gasteiger partial charge in [-0.25, -0.2) is 4.98 Å². The summed E-state index contributed by atoms with van der Waals surface area (Å²) in [5.74, 6) is -0.262. The number of fused-ring (bicyclic) bond motifs is 1. The molecule has 3 N–H and O–H groups in total. The van der Waals surface area contributed by atoms with Gasteiger partial charge >= 0.3 is 0 Å². The Morgan fingerprint density at radius 2 is 2.24 bits per heavy atom. The summed E-state index contributed by atoms with van der Waals surface area (Å²) < 4.78 is 10.8. The number of para-hydroxylation sites is 1. The van der Waals surface area contributed by atoms with Crippen LogP contribution in [-0.2, 0) is 9.47 Å². The first kappa shape index (κ1) is 13.8. The number of amides is 1. The molecule has 0 spiro atoms. The first-order valence-electron chi connectivity index (χ1n) is 6.87. The molecule has 1 unspecified atom stereocenters. The quantitative estimate of drug-likeness (QED) is 0.878. The van der Waals surface area contributed by atoms with Crippen molar-refractivity contribution >= 4 is 22.5 Å². The Morgan fingerprint density at radius 1 is 1.38 bits per heavy atom. The van der Waals surface area contributed by atoms with E-state index in [4.69, 9.17) is 15.2 Å². The van der Waals surface area contributed by atoms with Gasteiger partial charge in [0.25, 0.3) is 5.91 Å². The number of anilines is 1. The lowest BCUT2D eigenvalue weighted by atomic mass is 10.1. The zero-order chi connectivity index (χ0) is 14.7. The van der Waals surface area contributed by atoms with Gasteiger partial charge in [-0.3, -0.25) is 4.79 Å². The van der Waals surface area contributed by atoms with Crippen LogP contribution < -0.4 is 11.1 Å². The minimum Gasteiger partial charge on any atom is -0.398 e. The van der Waals surface area contributed by atoms with Gasteiger partial charge in [0.15, 0.2) is 0 Å². The Bertz CT molecular complexity index is 654. The minimum absolute atomic E-state index is 0.111. The van der Waals surface area contributed by atoms with E-state index < -0.39 is 0 Å². The topological polar surface area (TPSA) is 86.5 Å². The highest BCUT2D eigenvalue weighted by atomic mass is 16.6. The molecule has 1 aromatic carbocycles. The van der Waals surface area contributed by atoms with Gasteiger partial charge in [-0.1, -0.05) is 18.2 Å². The Hall–Kier alpha value is -2.18. The summed E-state index contributed by atoms with van der Waals surface area (Å²) in [4.78, 5) is 16.5. The van der Waals surface area contributed by atoms with Crippen LogP contribution in [0.1, 0.15) is 10.5 Å². The molecule has 6 nitrogen and oxygen atoms in total. The number of nitrogen functional groups attached to an aromatic ring is 1. The predicted molar refractivity (Wildman–Crippen MR) is 79.0 cm³/mol. The molecule has 0 saturated carbocycles. The number of hydrogen-bond donors (Lipinski definition) is 2. The van der Waals surface area contributed by atoms with Gasteiger partial charge < -0.3 is 20.5 Å². The number of nitrogens with one attached hydrogen (secondary N) is 1. The number of benzene rings is 1. The van der Waals surface area contributed by atoms with E-state index in [1.165, 1.54) is 0 Å². The lowest BCUT2D eigenvalue weighted by molar-refractivity contribution is -0.0855. The maximum absolute atomic E-state index is 12.2. The smallest absolute Gasteiger partial charge is 0.270 e. The molecule has 2 heterocycles. The average molecular weight is 287 g/mol. The van der Waals surface area contributed by atoms with Crippen molar-refractivity contribution in [1.82, 2.24) is 10.3 Å². The third-order valence-corrected chi connectivity index (χ3v) is 3.36. The van der Waals surface area contributed by atoms with Crippen molar-refractivity contribution in [3.05, 3.63) is 36.0 Å². The molecule has 1 saturated heterocycles. The molecule has 1 amide bonds. The van der Waals surface area contributed by atoms with E-state index in [-0.39, 0.29) is 12.0 Å². The number of ether oxygens (including phenoxy) is 2. The zero-order valence-corrected chi connectivity index (χ0v) is 11.5. The average Bonchev–Trinajstić information content (AvgIpc) is 2.53. The zero-order valence-electron chi connectivity index (χ0n) is 11.5. The number of rotatable bonds is 3. The number of carbonyl (C=O) groups is 1. The van der Waals surface area contributed by atoms with Crippen molar-refractivity contribution < 1.29 is 14.3 Å². The van der Waals surface area contributed by atoms with Gasteiger partial charge in [-0.15, -0.1) is 0 Å². The number of pyridine rings is 1. The fourth-order valence-corrected chi connectivity index (χ4v) is 2.27. The Labute approximate surface area is 122 Å². The fourth-order valence-electron chi connectivity index (χ4n) is 2.27. The van der Waals surface area contributed by atoms with Gasteiger partial charge in [0, 0.05) is 17.6 Å². The molecule has 0 aliphatic carbocycles. The number of nitrogens with two attached hydrogens (primary N) is 1. The highest BCUT2D eigenvalue weighted by Crippen LogP contribution is 2.19. The molecule has 0 radical (unpaired) electrons. The van der Waals surface area contributed by atoms with Crippen LogP contribution in [0.25, 0.3) is 10.9 Å². The molecule has 3 rings (SSSR count). The summed E-state index contributed by atoms with van der Waals surface area (Å²) in [6.45, 7) is 2.05. The van der Waals surface area contributed by atoms with Gasteiger partial charge in [0.1, 0.15) is 5.69 Å². The van der Waals surface area contributed by atoms with Gasteiger partial charge in [-0.05, 0) is 12.1 Å². The summed E-state index contributed by atoms with van der Waals surface area (Å²) in [5, 5.41) is 3.64. The minimum atomic E-state index is -0.262. The maximum Gasteiger partial charge on any atom is 0.270 e. The van der Waals surface area contributed by atoms with Crippen LogP contribution in [-0.4, -0.2) is 43.4 Å². The highest BCUT2D eigenvalue weighted by molar-refractivity contribution is 5.99. The maximum atomic E-state index is 12.2. The molecule has 21 heavy (non-hydrogen) atoms. The lowest BCUT2D eigenvalue weighted by Gasteiger charge is -2.23. The summed E-state index contributed by atoms with van der Waals surface area (Å²) in [6.07, 6.45) is -0.111. The van der Waals surface area contributed by atoms with E-state index in [1.807, 2.05) is 24.3 Å². The van der Waals surface area contributed by atoms with E-state index in [0.29, 0.717) is 43.3 Å². The molecule has 110 valence electrons. The highest BCUT2D eigenvalue weighted by Gasteiger charge is 2.17. The van der Waals surface area contributed by atoms with E-state index >= 15 is 0 Å². The van der Waals surface area contributed by atoms with Crippen molar-refractivity contribution in [2.45, 2.75) is 6.10 Å². The van der Waals surface area contributed by atoms with Crippen molar-refractivity contribution in [2.24, 2.45) is 0 Å². The van der Waals surface area contributed by atoms with Crippen LogP contribution in [0.2, 0.25) is 0 Å². The summed E-state index contributed by atoms with van der Waals surface area (Å²) in [6, 6.07) is 9.06. The second kappa shape index (κ2) is 6.07. The third kappa shape index (κ3) is 3.12. The molecular formula is C15H17N3O3. The molecule has 1 aliphatic heterocycles. The molecule has 1 aliphatic rings. The molecule has 1 fully saturated rings. The van der Waals surface area contributed by atoms with Crippen molar-refractivity contribution in [3.8, 4) is 0 Å². The lowest BCUT2D eigenvalue weighted by Crippen LogP contribution is -2.39. The summed E-state index contributed by atoms with van der Waals surface area (Å²) in [5.41, 5.74) is 7.53. The molecule has 1 atom stereocenters. The predicted octanol–water partition coefficient (Wildman–Crippen LogP) is 0.962. The summed E-state index contributed by atoms with van der Waals surface area (Å²) in [7, 11) is 0. The van der Waals surface area contributed by atoms with Crippen molar-refractivity contribution in [3.63, 3.8) is 0 Å². The third-order valence-electron chi connectivity index (χ3n) is 3.36. The van der Waals surface area contributed by atoms with Crippen LogP contribution in [0.5, 0.6) is 0 Å². The van der Waals surface area contributed by atoms with Crippen LogP contribution >= 0.6 is 0 Å². The van der Waals surface area contributed by atoms with Crippen LogP contribution in [0.3, 0.4) is 0 Å². The van der Waals surface area contributed by atoms with Crippen LogP contribution in [0.15, 0.2) is 30.3 Å². The number of nitrogens with zero attached hydrogens (tertiary/aromatic N) is 1.